The monoisotopic (exact) mass is 129 g/mol. The molecule has 3 N–H and O–H groups in total. The van der Waals surface area contributed by atoms with E-state index in [9.17, 15) is 0 Å². The lowest BCUT2D eigenvalue weighted by atomic mass is 10.8. The summed E-state index contributed by atoms with van der Waals surface area (Å²) in [6, 6.07) is 0. The van der Waals surface area contributed by atoms with Crippen molar-refractivity contribution in [1.82, 2.24) is 4.98 Å². The number of thiazole rings is 1. The first kappa shape index (κ1) is 5.37. The minimum Gasteiger partial charge on any atom is -0.379 e. The van der Waals surface area contributed by atoms with Gasteiger partial charge < -0.3 is 11.1 Å². The second-order valence-corrected chi connectivity index (χ2v) is 2.37. The van der Waals surface area contributed by atoms with Crippen molar-refractivity contribution in [3.05, 3.63) is 6.20 Å². The van der Waals surface area contributed by atoms with Crippen LogP contribution in [0, 0.1) is 0 Å². The molecule has 44 valence electrons. The smallest absolute Gasteiger partial charge is 0.181 e. The molecular formula is C4H7N3S. The molecule has 0 amide bonds. The maximum Gasteiger partial charge on any atom is 0.181 e. The molecule has 1 aromatic heterocycles. The van der Waals surface area contributed by atoms with Crippen LogP contribution in [0.4, 0.5) is 10.1 Å². The molecule has 1 heterocycles. The molecule has 0 atom stereocenters. The van der Waals surface area contributed by atoms with Gasteiger partial charge in [0.05, 0.1) is 6.20 Å². The third-order valence-corrected chi connectivity index (χ3v) is 1.61. The van der Waals surface area contributed by atoms with Gasteiger partial charge in [0.15, 0.2) is 5.13 Å². The number of hydrogen-bond acceptors (Lipinski definition) is 4. The average Bonchev–Trinajstić information content (AvgIpc) is 2.14. The Balaban J connectivity index is 2.84. The highest BCUT2D eigenvalue weighted by Crippen LogP contribution is 2.18. The summed E-state index contributed by atoms with van der Waals surface area (Å²) < 4.78 is 0. The van der Waals surface area contributed by atoms with Crippen LogP contribution in [0.25, 0.3) is 0 Å². The molecule has 0 aliphatic heterocycles. The second kappa shape index (κ2) is 2.00. The van der Waals surface area contributed by atoms with Gasteiger partial charge in [-0.15, -0.1) is 0 Å². The predicted octanol–water partition coefficient (Wildman–Crippen LogP) is 0.767. The Hall–Kier alpha value is -0.770. The lowest BCUT2D eigenvalue weighted by Gasteiger charge is -1.84. The standard InChI is InChI=1S/C4H7N3S/c1-6-3-2-7-4(5)8-3/h2,6H,1H3,(H2,5,7). The summed E-state index contributed by atoms with van der Waals surface area (Å²) in [5.74, 6) is 0. The SMILES string of the molecule is CNc1cnc(N)s1. The van der Waals surface area contributed by atoms with Crippen molar-refractivity contribution < 1.29 is 0 Å². The van der Waals surface area contributed by atoms with E-state index in [1.165, 1.54) is 11.3 Å². The minimum atomic E-state index is 0.606. The van der Waals surface area contributed by atoms with E-state index in [1.807, 2.05) is 7.05 Å². The van der Waals surface area contributed by atoms with Gasteiger partial charge in [0.1, 0.15) is 5.00 Å². The number of nitrogens with two attached hydrogens (primary N) is 1. The molecule has 0 saturated heterocycles. The highest BCUT2D eigenvalue weighted by molar-refractivity contribution is 7.19. The van der Waals surface area contributed by atoms with Crippen LogP contribution in [0.15, 0.2) is 6.20 Å². The number of nitrogen functional groups attached to an aromatic ring is 1. The quantitative estimate of drug-likeness (QED) is 0.588. The van der Waals surface area contributed by atoms with Crippen LogP contribution in [-0.4, -0.2) is 12.0 Å². The molecule has 0 radical (unpaired) electrons. The zero-order chi connectivity index (χ0) is 5.98. The first-order valence-electron chi connectivity index (χ1n) is 2.22. The molecule has 1 rings (SSSR count). The predicted molar refractivity (Wildman–Crippen MR) is 36.1 cm³/mol. The Morgan fingerprint density at radius 2 is 2.62 bits per heavy atom. The molecule has 0 unspecified atom stereocenters. The number of nitrogens with one attached hydrogen (secondary N) is 1. The van der Waals surface area contributed by atoms with Crippen LogP contribution in [0.5, 0.6) is 0 Å². The van der Waals surface area contributed by atoms with Gasteiger partial charge in [-0.05, 0) is 0 Å². The van der Waals surface area contributed by atoms with E-state index >= 15 is 0 Å². The fourth-order valence-corrected chi connectivity index (χ4v) is 0.941. The highest BCUT2D eigenvalue weighted by Gasteiger charge is 1.91. The van der Waals surface area contributed by atoms with Gasteiger partial charge in [0, 0.05) is 7.05 Å². The Morgan fingerprint density at radius 3 is 2.88 bits per heavy atom. The molecule has 0 spiro atoms. The first-order chi connectivity index (χ1) is 3.83. The highest BCUT2D eigenvalue weighted by atomic mass is 32.1. The zero-order valence-corrected chi connectivity index (χ0v) is 5.33. The van der Waals surface area contributed by atoms with Gasteiger partial charge in [-0.25, -0.2) is 4.98 Å². The van der Waals surface area contributed by atoms with Crippen molar-refractivity contribution in [1.29, 1.82) is 0 Å². The van der Waals surface area contributed by atoms with Crippen LogP contribution in [0.2, 0.25) is 0 Å². The first-order valence-corrected chi connectivity index (χ1v) is 3.03. The van der Waals surface area contributed by atoms with Crippen molar-refractivity contribution in [2.75, 3.05) is 18.1 Å². The van der Waals surface area contributed by atoms with Gasteiger partial charge >= 0.3 is 0 Å². The molecule has 0 aliphatic rings. The van der Waals surface area contributed by atoms with Crippen molar-refractivity contribution in [3.8, 4) is 0 Å². The van der Waals surface area contributed by atoms with Gasteiger partial charge in [-0.2, -0.15) is 0 Å². The molecule has 8 heavy (non-hydrogen) atoms. The van der Waals surface area contributed by atoms with Crippen molar-refractivity contribution >= 4 is 21.5 Å². The fraction of sp³-hybridized carbons (Fsp3) is 0.250. The lowest BCUT2D eigenvalue weighted by molar-refractivity contribution is 1.41. The topological polar surface area (TPSA) is 50.9 Å². The summed E-state index contributed by atoms with van der Waals surface area (Å²) in [4.78, 5) is 3.82. The molecule has 1 aromatic rings. The van der Waals surface area contributed by atoms with E-state index in [4.69, 9.17) is 5.73 Å². The Morgan fingerprint density at radius 1 is 1.88 bits per heavy atom. The van der Waals surface area contributed by atoms with Crippen molar-refractivity contribution in [3.63, 3.8) is 0 Å². The maximum atomic E-state index is 5.32. The van der Waals surface area contributed by atoms with E-state index < -0.39 is 0 Å². The summed E-state index contributed by atoms with van der Waals surface area (Å²) in [5.41, 5.74) is 5.32. The number of aromatic nitrogens is 1. The van der Waals surface area contributed by atoms with E-state index in [0.717, 1.165) is 5.00 Å². The summed E-state index contributed by atoms with van der Waals surface area (Å²) in [7, 11) is 1.84. The van der Waals surface area contributed by atoms with Crippen LogP contribution < -0.4 is 11.1 Å². The van der Waals surface area contributed by atoms with Crippen molar-refractivity contribution in [2.45, 2.75) is 0 Å². The average molecular weight is 129 g/mol. The molecule has 0 fully saturated rings. The third kappa shape index (κ3) is 0.894. The molecule has 0 aliphatic carbocycles. The Kier molecular flexibility index (Phi) is 1.34. The number of rotatable bonds is 1. The largest absolute Gasteiger partial charge is 0.379 e. The van der Waals surface area contributed by atoms with Crippen LogP contribution in [0.3, 0.4) is 0 Å². The molecule has 0 bridgehead atoms. The zero-order valence-electron chi connectivity index (χ0n) is 4.51. The van der Waals surface area contributed by atoms with Gasteiger partial charge in [-0.1, -0.05) is 11.3 Å². The van der Waals surface area contributed by atoms with Crippen LogP contribution in [0.1, 0.15) is 0 Å². The van der Waals surface area contributed by atoms with E-state index in [-0.39, 0.29) is 0 Å². The van der Waals surface area contributed by atoms with Crippen molar-refractivity contribution in [2.24, 2.45) is 0 Å². The third-order valence-electron chi connectivity index (χ3n) is 0.770. The van der Waals surface area contributed by atoms with Crippen LogP contribution in [-0.2, 0) is 0 Å². The maximum absolute atomic E-state index is 5.32. The van der Waals surface area contributed by atoms with Crippen LogP contribution >= 0.6 is 11.3 Å². The lowest BCUT2D eigenvalue weighted by Crippen LogP contribution is -1.80. The number of anilines is 2. The summed E-state index contributed by atoms with van der Waals surface area (Å²) in [6.07, 6.45) is 1.71. The van der Waals surface area contributed by atoms with Gasteiger partial charge in [-0.3, -0.25) is 0 Å². The molecule has 0 aromatic carbocycles. The summed E-state index contributed by atoms with van der Waals surface area (Å²) in [6.45, 7) is 0. The summed E-state index contributed by atoms with van der Waals surface area (Å²) >= 11 is 1.44. The Bertz CT molecular complexity index is 172. The number of nitrogens with zero attached hydrogens (tertiary/aromatic N) is 1. The normalized spacial score (nSPS) is 9.12. The minimum absolute atomic E-state index is 0.606. The van der Waals surface area contributed by atoms with E-state index in [2.05, 4.69) is 10.3 Å². The van der Waals surface area contributed by atoms with Gasteiger partial charge in [0.2, 0.25) is 0 Å². The van der Waals surface area contributed by atoms with E-state index in [0.29, 0.717) is 5.13 Å². The fourth-order valence-electron chi connectivity index (χ4n) is 0.403. The number of hydrogen-bond donors (Lipinski definition) is 2. The second-order valence-electron chi connectivity index (χ2n) is 1.31. The molecular weight excluding hydrogens is 122 g/mol. The molecule has 0 saturated carbocycles. The van der Waals surface area contributed by atoms with Gasteiger partial charge in [0.25, 0.3) is 0 Å². The Labute approximate surface area is 51.5 Å². The molecule has 3 nitrogen and oxygen atoms in total. The van der Waals surface area contributed by atoms with E-state index in [1.54, 1.807) is 6.20 Å². The summed E-state index contributed by atoms with van der Waals surface area (Å²) in [5, 5.41) is 4.53. The molecule has 4 heteroatoms.